The molecule has 0 saturated carbocycles. The molecule has 2 N–H and O–H groups in total. The first-order valence-corrected chi connectivity index (χ1v) is 3.70. The van der Waals surface area contributed by atoms with E-state index in [1.807, 2.05) is 0 Å². The number of rotatable bonds is 2. The Balaban J connectivity index is 3.16. The Morgan fingerprint density at radius 3 is 2.38 bits per heavy atom. The summed E-state index contributed by atoms with van der Waals surface area (Å²) in [5.41, 5.74) is 5.19. The Labute approximate surface area is 72.6 Å². The largest absolute Gasteiger partial charge is 0.451 e. The Morgan fingerprint density at radius 1 is 1.38 bits per heavy atom. The predicted octanol–water partition coefficient (Wildman–Crippen LogP) is 0.776. The quantitative estimate of drug-likeness (QED) is 0.756. The lowest BCUT2D eigenvalue weighted by molar-refractivity contribution is -0.147. The fourth-order valence-electron chi connectivity index (χ4n) is 1.03. The topological polar surface area (TPSA) is 56.7 Å². The van der Waals surface area contributed by atoms with E-state index < -0.39 is 12.0 Å². The zero-order valence-corrected chi connectivity index (χ0v) is 6.97. The highest BCUT2D eigenvalue weighted by Crippen LogP contribution is 2.27. The Kier molecular flexibility index (Phi) is 2.55. The fraction of sp³-hybridized carbons (Fsp3) is 0.667. The van der Waals surface area contributed by atoms with E-state index in [9.17, 15) is 13.2 Å². The Bertz CT molecular complexity index is 291. The summed E-state index contributed by atoms with van der Waals surface area (Å²) >= 11 is 0. The highest BCUT2D eigenvalue weighted by atomic mass is 19.4. The van der Waals surface area contributed by atoms with Gasteiger partial charge in [-0.3, -0.25) is 0 Å². The van der Waals surface area contributed by atoms with Crippen molar-refractivity contribution in [2.45, 2.75) is 26.2 Å². The van der Waals surface area contributed by atoms with Crippen molar-refractivity contribution in [3.63, 3.8) is 0 Å². The van der Waals surface area contributed by atoms with Crippen molar-refractivity contribution in [2.75, 3.05) is 0 Å². The van der Waals surface area contributed by atoms with Crippen LogP contribution >= 0.6 is 0 Å². The molecule has 0 aliphatic carbocycles. The molecule has 0 aromatic carbocycles. The van der Waals surface area contributed by atoms with Crippen molar-refractivity contribution < 1.29 is 13.2 Å². The van der Waals surface area contributed by atoms with Crippen molar-refractivity contribution in [3.8, 4) is 0 Å². The van der Waals surface area contributed by atoms with Crippen LogP contribution in [0.25, 0.3) is 0 Å². The van der Waals surface area contributed by atoms with Gasteiger partial charge in [0.05, 0.1) is 6.54 Å². The van der Waals surface area contributed by atoms with Crippen molar-refractivity contribution in [1.82, 2.24) is 14.8 Å². The average molecular weight is 194 g/mol. The van der Waals surface area contributed by atoms with Gasteiger partial charge in [0.2, 0.25) is 5.82 Å². The third kappa shape index (κ3) is 1.80. The van der Waals surface area contributed by atoms with E-state index in [4.69, 9.17) is 5.73 Å². The standard InChI is InChI=1S/C6H9F3N4/c1-2-13-4(3-10)11-12-5(13)6(7,8)9/h2-3,10H2,1H3. The first-order chi connectivity index (χ1) is 6.00. The molecule has 0 saturated heterocycles. The molecular weight excluding hydrogens is 185 g/mol. The third-order valence-corrected chi connectivity index (χ3v) is 1.58. The van der Waals surface area contributed by atoms with Gasteiger partial charge in [-0.15, -0.1) is 10.2 Å². The van der Waals surface area contributed by atoms with Crippen LogP contribution in [0.3, 0.4) is 0 Å². The lowest BCUT2D eigenvalue weighted by Gasteiger charge is -2.08. The van der Waals surface area contributed by atoms with E-state index >= 15 is 0 Å². The molecule has 1 aromatic rings. The van der Waals surface area contributed by atoms with E-state index in [0.29, 0.717) is 0 Å². The molecule has 0 aliphatic heterocycles. The van der Waals surface area contributed by atoms with Gasteiger partial charge in [-0.2, -0.15) is 13.2 Å². The molecular formula is C6H9F3N4. The first-order valence-electron chi connectivity index (χ1n) is 3.70. The van der Waals surface area contributed by atoms with Crippen LogP contribution < -0.4 is 5.73 Å². The summed E-state index contributed by atoms with van der Waals surface area (Å²) in [5.74, 6) is -0.842. The van der Waals surface area contributed by atoms with Crippen molar-refractivity contribution in [3.05, 3.63) is 11.6 Å². The molecule has 13 heavy (non-hydrogen) atoms. The molecule has 0 radical (unpaired) electrons. The molecule has 7 heteroatoms. The van der Waals surface area contributed by atoms with E-state index in [1.54, 1.807) is 6.92 Å². The van der Waals surface area contributed by atoms with Gasteiger partial charge in [0.25, 0.3) is 0 Å². The van der Waals surface area contributed by atoms with Gasteiger partial charge >= 0.3 is 6.18 Å². The minimum Gasteiger partial charge on any atom is -0.324 e. The smallest absolute Gasteiger partial charge is 0.324 e. The van der Waals surface area contributed by atoms with Crippen LogP contribution in [0.2, 0.25) is 0 Å². The van der Waals surface area contributed by atoms with Gasteiger partial charge in [-0.1, -0.05) is 0 Å². The SMILES string of the molecule is CCn1c(CN)nnc1C(F)(F)F. The van der Waals surface area contributed by atoms with Crippen LogP contribution in [-0.2, 0) is 19.3 Å². The average Bonchev–Trinajstić information content (AvgIpc) is 2.45. The highest BCUT2D eigenvalue weighted by Gasteiger charge is 2.37. The second-order valence-electron chi connectivity index (χ2n) is 2.39. The van der Waals surface area contributed by atoms with E-state index in [1.165, 1.54) is 0 Å². The minimum absolute atomic E-state index is 0.0447. The molecule has 0 amide bonds. The first kappa shape index (κ1) is 9.97. The monoisotopic (exact) mass is 194 g/mol. The summed E-state index contributed by atoms with van der Waals surface area (Å²) in [5, 5.41) is 6.38. The van der Waals surface area contributed by atoms with Crippen LogP contribution in [0.5, 0.6) is 0 Å². The summed E-state index contributed by atoms with van der Waals surface area (Å²) in [4.78, 5) is 0. The van der Waals surface area contributed by atoms with Crippen molar-refractivity contribution in [2.24, 2.45) is 5.73 Å². The zero-order chi connectivity index (χ0) is 10.1. The number of nitrogens with two attached hydrogens (primary N) is 1. The summed E-state index contributed by atoms with van der Waals surface area (Å²) in [6.45, 7) is 1.70. The van der Waals surface area contributed by atoms with Gasteiger partial charge in [0, 0.05) is 6.54 Å². The second kappa shape index (κ2) is 3.33. The third-order valence-electron chi connectivity index (χ3n) is 1.58. The van der Waals surface area contributed by atoms with Crippen molar-refractivity contribution >= 4 is 0 Å². The van der Waals surface area contributed by atoms with Gasteiger partial charge in [-0.25, -0.2) is 0 Å². The number of nitrogens with zero attached hydrogens (tertiary/aromatic N) is 3. The summed E-state index contributed by atoms with van der Waals surface area (Å²) in [6, 6.07) is 0. The molecule has 0 unspecified atom stereocenters. The molecule has 0 spiro atoms. The van der Waals surface area contributed by atoms with Crippen LogP contribution in [-0.4, -0.2) is 14.8 Å². The Morgan fingerprint density at radius 2 is 2.00 bits per heavy atom. The fourth-order valence-corrected chi connectivity index (χ4v) is 1.03. The summed E-state index contributed by atoms with van der Waals surface area (Å²) in [7, 11) is 0. The lowest BCUT2D eigenvalue weighted by atomic mass is 10.5. The van der Waals surface area contributed by atoms with Crippen molar-refractivity contribution in [1.29, 1.82) is 0 Å². The lowest BCUT2D eigenvalue weighted by Crippen LogP contribution is -2.16. The van der Waals surface area contributed by atoms with Crippen LogP contribution in [0.4, 0.5) is 13.2 Å². The molecule has 4 nitrogen and oxygen atoms in total. The van der Waals surface area contributed by atoms with Crippen LogP contribution in [0, 0.1) is 0 Å². The van der Waals surface area contributed by atoms with E-state index in [-0.39, 0.29) is 18.9 Å². The minimum atomic E-state index is -4.46. The number of aromatic nitrogens is 3. The summed E-state index contributed by atoms with van der Waals surface area (Å²) < 4.78 is 37.6. The molecule has 74 valence electrons. The molecule has 1 heterocycles. The highest BCUT2D eigenvalue weighted by molar-refractivity contribution is 4.98. The maximum absolute atomic E-state index is 12.2. The number of halogens is 3. The molecule has 1 aromatic heterocycles. The second-order valence-corrected chi connectivity index (χ2v) is 2.39. The molecule has 0 atom stereocenters. The van der Waals surface area contributed by atoms with Crippen LogP contribution in [0.1, 0.15) is 18.6 Å². The van der Waals surface area contributed by atoms with Crippen LogP contribution in [0.15, 0.2) is 0 Å². The number of hydrogen-bond acceptors (Lipinski definition) is 3. The maximum Gasteiger partial charge on any atom is 0.451 e. The predicted molar refractivity (Wildman–Crippen MR) is 38.6 cm³/mol. The molecule has 0 aliphatic rings. The van der Waals surface area contributed by atoms with Gasteiger partial charge in [0.1, 0.15) is 5.82 Å². The van der Waals surface area contributed by atoms with E-state index in [2.05, 4.69) is 10.2 Å². The number of alkyl halides is 3. The number of hydrogen-bond donors (Lipinski definition) is 1. The normalized spacial score (nSPS) is 12.1. The Hall–Kier alpha value is -1.11. The van der Waals surface area contributed by atoms with Gasteiger partial charge in [0.15, 0.2) is 0 Å². The maximum atomic E-state index is 12.2. The van der Waals surface area contributed by atoms with E-state index in [0.717, 1.165) is 4.57 Å². The van der Waals surface area contributed by atoms with Gasteiger partial charge < -0.3 is 10.3 Å². The zero-order valence-electron chi connectivity index (χ0n) is 6.97. The molecule has 0 bridgehead atoms. The molecule has 1 rings (SSSR count). The van der Waals surface area contributed by atoms with Gasteiger partial charge in [-0.05, 0) is 6.92 Å². The molecule has 0 fully saturated rings. The summed E-state index contributed by atoms with van der Waals surface area (Å²) in [6.07, 6.45) is -4.46.